The summed E-state index contributed by atoms with van der Waals surface area (Å²) in [6.45, 7) is 0.563. The fourth-order valence-corrected chi connectivity index (χ4v) is 2.61. The lowest BCUT2D eigenvalue weighted by Crippen LogP contribution is -2.30. The second-order valence-electron chi connectivity index (χ2n) is 5.01. The number of rotatable bonds is 6. The molecule has 0 aliphatic heterocycles. The molecule has 1 aromatic carbocycles. The van der Waals surface area contributed by atoms with Gasteiger partial charge in [-0.05, 0) is 25.0 Å². The van der Waals surface area contributed by atoms with Gasteiger partial charge in [-0.15, -0.1) is 0 Å². The van der Waals surface area contributed by atoms with Gasteiger partial charge in [-0.25, -0.2) is 0 Å². The summed E-state index contributed by atoms with van der Waals surface area (Å²) >= 11 is 0. The summed E-state index contributed by atoms with van der Waals surface area (Å²) in [6, 6.07) is 6.06. The van der Waals surface area contributed by atoms with Crippen LogP contribution >= 0.6 is 0 Å². The van der Waals surface area contributed by atoms with Crippen molar-refractivity contribution in [2.45, 2.75) is 37.8 Å². The number of nitrogens with one attached hydrogen (secondary N) is 1. The Morgan fingerprint density at radius 2 is 2.00 bits per heavy atom. The quantitative estimate of drug-likeness (QED) is 0.828. The summed E-state index contributed by atoms with van der Waals surface area (Å²) in [6.07, 6.45) is 4.46. The molecule has 1 unspecified atom stereocenters. The van der Waals surface area contributed by atoms with Crippen LogP contribution in [0.5, 0.6) is 11.5 Å². The molecule has 0 heterocycles. The van der Waals surface area contributed by atoms with Gasteiger partial charge >= 0.3 is 0 Å². The van der Waals surface area contributed by atoms with E-state index in [1.54, 1.807) is 20.3 Å². The Morgan fingerprint density at radius 3 is 2.63 bits per heavy atom. The summed E-state index contributed by atoms with van der Waals surface area (Å²) in [4.78, 5) is 0. The van der Waals surface area contributed by atoms with Crippen molar-refractivity contribution in [2.24, 2.45) is 0 Å². The predicted octanol–water partition coefficient (Wildman–Crippen LogP) is 2.27. The molecule has 0 bridgehead atoms. The van der Waals surface area contributed by atoms with E-state index in [4.69, 9.17) is 9.47 Å². The summed E-state index contributed by atoms with van der Waals surface area (Å²) in [5.41, 5.74) is 0.800. The van der Waals surface area contributed by atoms with Crippen LogP contribution in [-0.4, -0.2) is 31.9 Å². The van der Waals surface area contributed by atoms with E-state index in [0.29, 0.717) is 18.3 Å². The van der Waals surface area contributed by atoms with Crippen molar-refractivity contribution in [2.75, 3.05) is 20.8 Å². The Bertz CT molecular complexity index is 402. The van der Waals surface area contributed by atoms with E-state index in [9.17, 15) is 5.11 Å². The summed E-state index contributed by atoms with van der Waals surface area (Å²) < 4.78 is 10.5. The third kappa shape index (κ3) is 3.61. The zero-order valence-corrected chi connectivity index (χ0v) is 11.7. The van der Waals surface area contributed by atoms with E-state index >= 15 is 0 Å². The molecule has 19 heavy (non-hydrogen) atoms. The molecule has 0 radical (unpaired) electrons. The minimum Gasteiger partial charge on any atom is -0.497 e. The fourth-order valence-electron chi connectivity index (χ4n) is 2.61. The van der Waals surface area contributed by atoms with Crippen molar-refractivity contribution in [3.8, 4) is 11.5 Å². The van der Waals surface area contributed by atoms with Crippen LogP contribution in [0.4, 0.5) is 0 Å². The third-order valence-electron chi connectivity index (χ3n) is 3.75. The first-order valence-corrected chi connectivity index (χ1v) is 6.88. The third-order valence-corrected chi connectivity index (χ3v) is 3.75. The molecule has 4 nitrogen and oxygen atoms in total. The highest BCUT2D eigenvalue weighted by atomic mass is 16.5. The molecular formula is C15H23NO3. The van der Waals surface area contributed by atoms with Crippen molar-refractivity contribution in [3.63, 3.8) is 0 Å². The largest absolute Gasteiger partial charge is 0.497 e. The van der Waals surface area contributed by atoms with E-state index < -0.39 is 6.10 Å². The molecule has 0 saturated heterocycles. The molecule has 1 fully saturated rings. The first-order chi connectivity index (χ1) is 9.24. The number of hydrogen-bond donors (Lipinski definition) is 2. The monoisotopic (exact) mass is 265 g/mol. The molecule has 2 rings (SSSR count). The van der Waals surface area contributed by atoms with Crippen molar-refractivity contribution in [3.05, 3.63) is 23.8 Å². The topological polar surface area (TPSA) is 50.7 Å². The molecule has 4 heteroatoms. The second kappa shape index (κ2) is 6.78. The minimum atomic E-state index is -0.554. The predicted molar refractivity (Wildman–Crippen MR) is 74.8 cm³/mol. The molecule has 1 aliphatic carbocycles. The average Bonchev–Trinajstić information content (AvgIpc) is 2.97. The van der Waals surface area contributed by atoms with Crippen molar-refractivity contribution < 1.29 is 14.6 Å². The number of aliphatic hydroxyl groups is 1. The Balaban J connectivity index is 1.98. The Hall–Kier alpha value is -1.26. The molecule has 0 spiro atoms. The number of methoxy groups -OCH3 is 2. The molecule has 2 N–H and O–H groups in total. The zero-order valence-electron chi connectivity index (χ0n) is 11.7. The molecule has 106 valence electrons. The van der Waals surface area contributed by atoms with Gasteiger partial charge in [-0.1, -0.05) is 12.8 Å². The number of aliphatic hydroxyl groups excluding tert-OH is 1. The normalized spacial score (nSPS) is 17.4. The molecule has 1 saturated carbocycles. The Labute approximate surface area is 114 Å². The van der Waals surface area contributed by atoms with Crippen LogP contribution in [0.3, 0.4) is 0 Å². The van der Waals surface area contributed by atoms with Gasteiger partial charge in [-0.3, -0.25) is 0 Å². The number of ether oxygens (including phenoxy) is 2. The summed E-state index contributed by atoms with van der Waals surface area (Å²) in [7, 11) is 3.22. The van der Waals surface area contributed by atoms with E-state index in [0.717, 1.165) is 11.3 Å². The smallest absolute Gasteiger partial charge is 0.128 e. The number of benzene rings is 1. The van der Waals surface area contributed by atoms with Crippen molar-refractivity contribution in [1.82, 2.24) is 5.32 Å². The Kier molecular flexibility index (Phi) is 5.05. The van der Waals surface area contributed by atoms with Gasteiger partial charge in [0.25, 0.3) is 0 Å². The van der Waals surface area contributed by atoms with Crippen LogP contribution in [0, 0.1) is 0 Å². The van der Waals surface area contributed by atoms with E-state index in [-0.39, 0.29) is 0 Å². The molecule has 1 aromatic rings. The van der Waals surface area contributed by atoms with E-state index in [1.807, 2.05) is 12.1 Å². The van der Waals surface area contributed by atoms with Gasteiger partial charge in [0.05, 0.1) is 20.3 Å². The lowest BCUT2D eigenvalue weighted by molar-refractivity contribution is 0.165. The average molecular weight is 265 g/mol. The van der Waals surface area contributed by atoms with Crippen molar-refractivity contribution >= 4 is 0 Å². The first kappa shape index (κ1) is 14.2. The molecular weight excluding hydrogens is 242 g/mol. The van der Waals surface area contributed by atoms with Crippen LogP contribution in [0.15, 0.2) is 18.2 Å². The lowest BCUT2D eigenvalue weighted by Gasteiger charge is -2.18. The molecule has 1 atom stereocenters. The van der Waals surface area contributed by atoms with E-state index in [2.05, 4.69) is 5.32 Å². The minimum absolute atomic E-state index is 0.554. The van der Waals surface area contributed by atoms with Gasteiger partial charge in [0, 0.05) is 24.2 Å². The van der Waals surface area contributed by atoms with Gasteiger partial charge in [0.15, 0.2) is 0 Å². The van der Waals surface area contributed by atoms with Crippen molar-refractivity contribution in [1.29, 1.82) is 0 Å². The lowest BCUT2D eigenvalue weighted by atomic mass is 10.1. The van der Waals surface area contributed by atoms with Crippen LogP contribution in [0.25, 0.3) is 0 Å². The van der Waals surface area contributed by atoms with Crippen LogP contribution in [0.2, 0.25) is 0 Å². The molecule has 1 aliphatic rings. The zero-order chi connectivity index (χ0) is 13.7. The maximum absolute atomic E-state index is 10.3. The van der Waals surface area contributed by atoms with Crippen LogP contribution in [0.1, 0.15) is 37.4 Å². The van der Waals surface area contributed by atoms with Gasteiger partial charge in [-0.2, -0.15) is 0 Å². The Morgan fingerprint density at radius 1 is 1.26 bits per heavy atom. The SMILES string of the molecule is COc1ccc(C(O)CNC2CCCC2)c(OC)c1. The second-order valence-corrected chi connectivity index (χ2v) is 5.01. The highest BCUT2D eigenvalue weighted by molar-refractivity contribution is 5.42. The molecule has 0 aromatic heterocycles. The summed E-state index contributed by atoms with van der Waals surface area (Å²) in [5, 5.41) is 13.7. The van der Waals surface area contributed by atoms with Gasteiger partial charge < -0.3 is 19.9 Å². The fraction of sp³-hybridized carbons (Fsp3) is 0.600. The molecule has 0 amide bonds. The summed E-state index contributed by atoms with van der Waals surface area (Å²) in [5.74, 6) is 1.40. The van der Waals surface area contributed by atoms with Gasteiger partial charge in [0.1, 0.15) is 11.5 Å². The first-order valence-electron chi connectivity index (χ1n) is 6.88. The van der Waals surface area contributed by atoms with Crippen LogP contribution < -0.4 is 14.8 Å². The highest BCUT2D eigenvalue weighted by Gasteiger charge is 2.18. The maximum Gasteiger partial charge on any atom is 0.128 e. The van der Waals surface area contributed by atoms with Gasteiger partial charge in [0.2, 0.25) is 0 Å². The van der Waals surface area contributed by atoms with Crippen LogP contribution in [-0.2, 0) is 0 Å². The standard InChI is InChI=1S/C15H23NO3/c1-18-12-7-8-13(15(9-12)19-2)14(17)10-16-11-5-3-4-6-11/h7-9,11,14,16-17H,3-6,10H2,1-2H3. The van der Waals surface area contributed by atoms with E-state index in [1.165, 1.54) is 25.7 Å². The highest BCUT2D eigenvalue weighted by Crippen LogP contribution is 2.29. The maximum atomic E-state index is 10.3. The number of hydrogen-bond acceptors (Lipinski definition) is 4.